The second-order valence-electron chi connectivity index (χ2n) is 6.70. The second kappa shape index (κ2) is 6.61. The van der Waals surface area contributed by atoms with E-state index in [1.165, 1.54) is 11.3 Å². The van der Waals surface area contributed by atoms with Crippen LogP contribution in [0, 0.1) is 13.8 Å². The van der Waals surface area contributed by atoms with E-state index >= 15 is 0 Å². The molecule has 1 unspecified atom stereocenters. The van der Waals surface area contributed by atoms with E-state index in [0.717, 1.165) is 37.8 Å². The standard InChI is InChI=1S/C16H25N5O.ClH/c1-10(9-13-11(2)19-21(4)12(13)3)14-18-15(20-22-14)16(17)7-5-6-8-16;/h10H,5-9,17H2,1-4H3;1H. The van der Waals surface area contributed by atoms with E-state index in [1.54, 1.807) is 0 Å². The summed E-state index contributed by atoms with van der Waals surface area (Å²) in [6.45, 7) is 6.25. The lowest BCUT2D eigenvalue weighted by atomic mass is 9.97. The number of aromatic nitrogens is 4. The van der Waals surface area contributed by atoms with E-state index in [9.17, 15) is 0 Å². The van der Waals surface area contributed by atoms with Crippen molar-refractivity contribution in [3.63, 3.8) is 0 Å². The Bertz CT molecular complexity index is 672. The number of nitrogens with two attached hydrogens (primary N) is 1. The van der Waals surface area contributed by atoms with Gasteiger partial charge in [0.25, 0.3) is 0 Å². The SMILES string of the molecule is Cc1nn(C)c(C)c1CC(C)c1nc(C2(N)CCCC2)no1.Cl. The lowest BCUT2D eigenvalue weighted by molar-refractivity contribution is 0.336. The van der Waals surface area contributed by atoms with Crippen LogP contribution in [0.4, 0.5) is 0 Å². The Morgan fingerprint density at radius 3 is 2.52 bits per heavy atom. The highest BCUT2D eigenvalue weighted by Crippen LogP contribution is 2.35. The van der Waals surface area contributed by atoms with Crippen LogP contribution in [-0.2, 0) is 19.0 Å². The highest BCUT2D eigenvalue weighted by Gasteiger charge is 2.36. The molecule has 1 atom stereocenters. The second-order valence-corrected chi connectivity index (χ2v) is 6.70. The van der Waals surface area contributed by atoms with Crippen LogP contribution in [0.5, 0.6) is 0 Å². The van der Waals surface area contributed by atoms with Gasteiger partial charge in [-0.1, -0.05) is 24.9 Å². The van der Waals surface area contributed by atoms with Gasteiger partial charge in [0.15, 0.2) is 5.82 Å². The van der Waals surface area contributed by atoms with E-state index in [0.29, 0.717) is 11.7 Å². The van der Waals surface area contributed by atoms with E-state index in [2.05, 4.69) is 29.1 Å². The fourth-order valence-electron chi connectivity index (χ4n) is 3.37. The number of aryl methyl sites for hydroxylation is 2. The van der Waals surface area contributed by atoms with Gasteiger partial charge in [0, 0.05) is 18.7 Å². The van der Waals surface area contributed by atoms with E-state index in [-0.39, 0.29) is 23.9 Å². The van der Waals surface area contributed by atoms with Crippen molar-refractivity contribution in [3.8, 4) is 0 Å². The summed E-state index contributed by atoms with van der Waals surface area (Å²) in [5.74, 6) is 1.51. The number of hydrogen-bond donors (Lipinski definition) is 1. The monoisotopic (exact) mass is 339 g/mol. The Balaban J connectivity index is 0.00000192. The minimum atomic E-state index is -0.387. The predicted octanol–water partition coefficient (Wildman–Crippen LogP) is 2.92. The Kier molecular flexibility index (Phi) is 5.16. The molecule has 1 aliphatic carbocycles. The minimum absolute atomic E-state index is 0. The third kappa shape index (κ3) is 3.28. The molecule has 2 aromatic rings. The van der Waals surface area contributed by atoms with Gasteiger partial charge in [0.1, 0.15) is 0 Å². The van der Waals surface area contributed by atoms with Gasteiger partial charge in [0.2, 0.25) is 5.89 Å². The van der Waals surface area contributed by atoms with E-state index < -0.39 is 0 Å². The highest BCUT2D eigenvalue weighted by molar-refractivity contribution is 5.85. The third-order valence-electron chi connectivity index (χ3n) is 4.97. The van der Waals surface area contributed by atoms with Gasteiger partial charge in [-0.3, -0.25) is 4.68 Å². The van der Waals surface area contributed by atoms with Crippen LogP contribution >= 0.6 is 12.4 Å². The minimum Gasteiger partial charge on any atom is -0.339 e. The molecule has 1 saturated carbocycles. The first-order valence-electron chi connectivity index (χ1n) is 8.03. The fraction of sp³-hybridized carbons (Fsp3) is 0.688. The summed E-state index contributed by atoms with van der Waals surface area (Å²) in [4.78, 5) is 4.60. The summed E-state index contributed by atoms with van der Waals surface area (Å²) in [6.07, 6.45) is 5.03. The molecular weight excluding hydrogens is 314 g/mol. The van der Waals surface area contributed by atoms with E-state index in [4.69, 9.17) is 10.3 Å². The molecule has 0 aromatic carbocycles. The van der Waals surface area contributed by atoms with Crippen molar-refractivity contribution in [2.45, 2.75) is 64.3 Å². The van der Waals surface area contributed by atoms with Crippen molar-refractivity contribution in [3.05, 3.63) is 28.7 Å². The third-order valence-corrected chi connectivity index (χ3v) is 4.97. The van der Waals surface area contributed by atoms with Crippen LogP contribution in [0.2, 0.25) is 0 Å². The van der Waals surface area contributed by atoms with Gasteiger partial charge < -0.3 is 10.3 Å². The zero-order valence-electron chi connectivity index (χ0n) is 14.3. The molecule has 128 valence electrons. The molecule has 1 aliphatic rings. The van der Waals surface area contributed by atoms with Crippen molar-refractivity contribution < 1.29 is 4.52 Å². The topological polar surface area (TPSA) is 82.8 Å². The van der Waals surface area contributed by atoms with Gasteiger partial charge in [0.05, 0.1) is 11.2 Å². The first kappa shape index (κ1) is 17.9. The average Bonchev–Trinajstić information content (AvgIpc) is 3.17. The number of hydrogen-bond acceptors (Lipinski definition) is 5. The van der Waals surface area contributed by atoms with Crippen LogP contribution in [0.1, 0.15) is 67.2 Å². The molecule has 0 radical (unpaired) electrons. The maximum absolute atomic E-state index is 6.40. The quantitative estimate of drug-likeness (QED) is 0.926. The van der Waals surface area contributed by atoms with Crippen LogP contribution in [-0.4, -0.2) is 19.9 Å². The first-order valence-corrected chi connectivity index (χ1v) is 8.03. The molecular formula is C16H26ClN5O. The lowest BCUT2D eigenvalue weighted by Crippen LogP contribution is -2.34. The van der Waals surface area contributed by atoms with Crippen LogP contribution < -0.4 is 5.73 Å². The maximum atomic E-state index is 6.40. The first-order chi connectivity index (χ1) is 10.4. The van der Waals surface area contributed by atoms with Crippen molar-refractivity contribution in [2.75, 3.05) is 0 Å². The van der Waals surface area contributed by atoms with Crippen molar-refractivity contribution in [1.29, 1.82) is 0 Å². The summed E-state index contributed by atoms with van der Waals surface area (Å²) >= 11 is 0. The molecule has 1 fully saturated rings. The Morgan fingerprint density at radius 1 is 1.30 bits per heavy atom. The molecule has 23 heavy (non-hydrogen) atoms. The molecule has 0 amide bonds. The van der Waals surface area contributed by atoms with Crippen LogP contribution in [0.15, 0.2) is 4.52 Å². The number of rotatable bonds is 4. The summed E-state index contributed by atoms with van der Waals surface area (Å²) in [7, 11) is 1.97. The normalized spacial score (nSPS) is 18.0. The van der Waals surface area contributed by atoms with Crippen molar-refractivity contribution in [2.24, 2.45) is 12.8 Å². The van der Waals surface area contributed by atoms with Gasteiger partial charge in [-0.05, 0) is 38.7 Å². The Labute approximate surface area is 143 Å². The Hall–Kier alpha value is -1.40. The van der Waals surface area contributed by atoms with Crippen LogP contribution in [0.25, 0.3) is 0 Å². The van der Waals surface area contributed by atoms with Gasteiger partial charge in [-0.15, -0.1) is 12.4 Å². The Morgan fingerprint density at radius 2 is 1.96 bits per heavy atom. The van der Waals surface area contributed by atoms with Gasteiger partial charge >= 0.3 is 0 Å². The number of halogens is 1. The highest BCUT2D eigenvalue weighted by atomic mass is 35.5. The smallest absolute Gasteiger partial charge is 0.229 e. The molecule has 6 nitrogen and oxygen atoms in total. The van der Waals surface area contributed by atoms with Crippen molar-refractivity contribution in [1.82, 2.24) is 19.9 Å². The molecule has 7 heteroatoms. The average molecular weight is 340 g/mol. The summed E-state index contributed by atoms with van der Waals surface area (Å²) < 4.78 is 7.42. The lowest BCUT2D eigenvalue weighted by Gasteiger charge is -2.17. The summed E-state index contributed by atoms with van der Waals surface area (Å²) in [5, 5.41) is 8.62. The fourth-order valence-corrected chi connectivity index (χ4v) is 3.37. The molecule has 0 saturated heterocycles. The molecule has 3 rings (SSSR count). The number of nitrogens with zero attached hydrogens (tertiary/aromatic N) is 4. The maximum Gasteiger partial charge on any atom is 0.229 e. The zero-order chi connectivity index (χ0) is 15.9. The molecule has 2 heterocycles. The van der Waals surface area contributed by atoms with Gasteiger partial charge in [-0.2, -0.15) is 10.1 Å². The van der Waals surface area contributed by atoms with E-state index in [1.807, 2.05) is 18.7 Å². The predicted molar refractivity (Wildman–Crippen MR) is 90.7 cm³/mol. The largest absolute Gasteiger partial charge is 0.339 e. The molecule has 0 spiro atoms. The summed E-state index contributed by atoms with van der Waals surface area (Å²) in [5.41, 5.74) is 9.53. The molecule has 0 bridgehead atoms. The molecule has 2 aromatic heterocycles. The van der Waals surface area contributed by atoms with Crippen molar-refractivity contribution >= 4 is 12.4 Å². The van der Waals surface area contributed by atoms with Crippen LogP contribution in [0.3, 0.4) is 0 Å². The molecule has 0 aliphatic heterocycles. The van der Waals surface area contributed by atoms with Gasteiger partial charge in [-0.25, -0.2) is 0 Å². The molecule has 2 N–H and O–H groups in total. The zero-order valence-corrected chi connectivity index (χ0v) is 15.1. The summed E-state index contributed by atoms with van der Waals surface area (Å²) in [6, 6.07) is 0.